The molecule has 19 heavy (non-hydrogen) atoms. The summed E-state index contributed by atoms with van der Waals surface area (Å²) in [7, 11) is -3.47. The minimum atomic E-state index is -3.47. The first-order valence-electron chi connectivity index (χ1n) is 5.65. The van der Waals surface area contributed by atoms with Crippen LogP contribution in [0.1, 0.15) is 11.8 Å². The number of hydrogen-bond acceptors (Lipinski definition) is 5. The molecule has 106 valence electrons. The lowest BCUT2D eigenvalue weighted by molar-refractivity contribution is -0.157. The highest BCUT2D eigenvalue weighted by Gasteiger charge is 2.46. The first-order valence-corrected chi connectivity index (χ1v) is 7.91. The number of carbonyl (C=O) groups is 1. The van der Waals surface area contributed by atoms with Crippen molar-refractivity contribution in [1.29, 1.82) is 0 Å². The number of ether oxygens (including phenoxy) is 1. The van der Waals surface area contributed by atoms with Crippen molar-refractivity contribution in [2.24, 2.45) is 0 Å². The number of nitrogens with zero attached hydrogens (tertiary/aromatic N) is 1. The van der Waals surface area contributed by atoms with Crippen LogP contribution in [0.5, 0.6) is 0 Å². The lowest BCUT2D eigenvalue weighted by atomic mass is 10.0. The number of aryl methyl sites for hydroxylation is 1. The highest BCUT2D eigenvalue weighted by molar-refractivity contribution is 7.91. The summed E-state index contributed by atoms with van der Waals surface area (Å²) in [4.78, 5) is 11.4. The minimum absolute atomic E-state index is 0.180. The van der Waals surface area contributed by atoms with Gasteiger partial charge in [0.25, 0.3) is 10.0 Å². The molecule has 1 aromatic rings. The van der Waals surface area contributed by atoms with Crippen LogP contribution in [0.3, 0.4) is 0 Å². The fourth-order valence-electron chi connectivity index (χ4n) is 1.87. The van der Waals surface area contributed by atoms with Crippen LogP contribution in [-0.4, -0.2) is 49.1 Å². The molecule has 1 aliphatic heterocycles. The molecule has 2 rings (SSSR count). The van der Waals surface area contributed by atoms with Crippen molar-refractivity contribution < 1.29 is 23.1 Å². The Labute approximate surface area is 115 Å². The Hall–Kier alpha value is -0.960. The van der Waals surface area contributed by atoms with E-state index in [1.54, 1.807) is 19.1 Å². The second kappa shape index (κ2) is 4.86. The zero-order valence-corrected chi connectivity index (χ0v) is 12.3. The molecule has 1 saturated heterocycles. The van der Waals surface area contributed by atoms with Crippen molar-refractivity contribution in [3.63, 3.8) is 0 Å². The topological polar surface area (TPSA) is 83.9 Å². The quantitative estimate of drug-likeness (QED) is 0.874. The highest BCUT2D eigenvalue weighted by atomic mass is 32.2. The lowest BCUT2D eigenvalue weighted by Gasteiger charge is -2.45. The molecule has 0 aliphatic carbocycles. The van der Waals surface area contributed by atoms with Gasteiger partial charge in [0.1, 0.15) is 10.8 Å². The fraction of sp³-hybridized carbons (Fsp3) is 0.545. The monoisotopic (exact) mass is 305 g/mol. The molecule has 6 nitrogen and oxygen atoms in total. The van der Waals surface area contributed by atoms with E-state index in [2.05, 4.69) is 0 Å². The van der Waals surface area contributed by atoms with Crippen LogP contribution in [0.2, 0.25) is 0 Å². The molecular formula is C11H15NO5S2. The summed E-state index contributed by atoms with van der Waals surface area (Å²) >= 11 is 1.23. The van der Waals surface area contributed by atoms with E-state index in [4.69, 9.17) is 9.84 Å². The SMILES string of the molecule is Cc1ccc(S(=O)(=O)N2CC(C)(OCC(=O)O)C2)s1. The Morgan fingerprint density at radius 3 is 2.63 bits per heavy atom. The molecule has 1 aromatic heterocycles. The zero-order valence-electron chi connectivity index (χ0n) is 10.6. The van der Waals surface area contributed by atoms with Crippen LogP contribution < -0.4 is 0 Å². The summed E-state index contributed by atoms with van der Waals surface area (Å²) in [6.07, 6.45) is 0. The van der Waals surface area contributed by atoms with E-state index < -0.39 is 28.2 Å². The second-order valence-electron chi connectivity index (χ2n) is 4.77. The molecule has 0 aromatic carbocycles. The molecule has 1 aliphatic rings. The summed E-state index contributed by atoms with van der Waals surface area (Å²) in [5.41, 5.74) is -0.711. The lowest BCUT2D eigenvalue weighted by Crippen LogP contribution is -2.63. The van der Waals surface area contributed by atoms with E-state index in [0.717, 1.165) is 4.88 Å². The molecule has 8 heteroatoms. The van der Waals surface area contributed by atoms with Crippen molar-refractivity contribution in [1.82, 2.24) is 4.31 Å². The summed E-state index contributed by atoms with van der Waals surface area (Å²) in [5, 5.41) is 8.55. The minimum Gasteiger partial charge on any atom is -0.480 e. The van der Waals surface area contributed by atoms with Gasteiger partial charge in [-0.05, 0) is 26.0 Å². The standard InChI is InChI=1S/C11H15NO5S2/c1-8-3-4-10(18-8)19(15,16)12-6-11(2,7-12)17-5-9(13)14/h3-4H,5-7H2,1-2H3,(H,13,14). The Kier molecular flexibility index (Phi) is 3.69. The summed E-state index contributed by atoms with van der Waals surface area (Å²) in [6, 6.07) is 3.35. The van der Waals surface area contributed by atoms with E-state index >= 15 is 0 Å². The smallest absolute Gasteiger partial charge is 0.329 e. The first-order chi connectivity index (χ1) is 8.73. The zero-order chi connectivity index (χ0) is 14.3. The normalized spacial score (nSPS) is 19.1. The Morgan fingerprint density at radius 1 is 1.53 bits per heavy atom. The molecule has 0 amide bonds. The number of thiophene rings is 1. The van der Waals surface area contributed by atoms with Crippen molar-refractivity contribution in [2.75, 3.05) is 19.7 Å². The average molecular weight is 305 g/mol. The molecule has 1 fully saturated rings. The Morgan fingerprint density at radius 2 is 2.16 bits per heavy atom. The average Bonchev–Trinajstić information content (AvgIpc) is 2.70. The number of rotatable bonds is 5. The van der Waals surface area contributed by atoms with Crippen LogP contribution in [0.4, 0.5) is 0 Å². The molecule has 0 saturated carbocycles. The van der Waals surface area contributed by atoms with Gasteiger partial charge in [-0.25, -0.2) is 13.2 Å². The van der Waals surface area contributed by atoms with E-state index in [9.17, 15) is 13.2 Å². The predicted octanol–water partition coefficient (Wildman–Crippen LogP) is 0.921. The Balaban J connectivity index is 2.01. The summed E-state index contributed by atoms with van der Waals surface area (Å²) < 4.78 is 31.2. The summed E-state index contributed by atoms with van der Waals surface area (Å²) in [6.45, 7) is 3.50. The second-order valence-corrected chi connectivity index (χ2v) is 8.22. The van der Waals surface area contributed by atoms with E-state index in [1.807, 2.05) is 6.92 Å². The number of hydrogen-bond donors (Lipinski definition) is 1. The van der Waals surface area contributed by atoms with Gasteiger partial charge in [-0.15, -0.1) is 11.3 Å². The predicted molar refractivity (Wildman–Crippen MR) is 69.8 cm³/mol. The highest BCUT2D eigenvalue weighted by Crippen LogP contribution is 2.33. The van der Waals surface area contributed by atoms with Crippen LogP contribution in [0.25, 0.3) is 0 Å². The number of sulfonamides is 1. The van der Waals surface area contributed by atoms with Crippen molar-refractivity contribution in [2.45, 2.75) is 23.7 Å². The van der Waals surface area contributed by atoms with Gasteiger partial charge in [-0.3, -0.25) is 0 Å². The van der Waals surface area contributed by atoms with E-state index in [1.165, 1.54) is 15.6 Å². The molecule has 0 spiro atoms. The molecule has 1 N–H and O–H groups in total. The van der Waals surface area contributed by atoms with Gasteiger partial charge in [0.15, 0.2) is 0 Å². The summed E-state index contributed by atoms with van der Waals surface area (Å²) in [5.74, 6) is -1.06. The van der Waals surface area contributed by atoms with Gasteiger partial charge in [0.2, 0.25) is 0 Å². The first kappa shape index (κ1) is 14.4. The third-order valence-corrected chi connectivity index (χ3v) is 6.14. The van der Waals surface area contributed by atoms with Gasteiger partial charge in [0.05, 0.1) is 5.60 Å². The number of carboxylic acid groups (broad SMARTS) is 1. The van der Waals surface area contributed by atoms with Crippen molar-refractivity contribution >= 4 is 27.3 Å². The number of carboxylic acids is 1. The molecule has 0 unspecified atom stereocenters. The maximum atomic E-state index is 12.2. The van der Waals surface area contributed by atoms with Gasteiger partial charge in [-0.1, -0.05) is 0 Å². The maximum Gasteiger partial charge on any atom is 0.329 e. The van der Waals surface area contributed by atoms with E-state index in [-0.39, 0.29) is 13.1 Å². The molecule has 0 bridgehead atoms. The van der Waals surface area contributed by atoms with Crippen LogP contribution >= 0.6 is 11.3 Å². The third kappa shape index (κ3) is 2.97. The molecule has 0 radical (unpaired) electrons. The van der Waals surface area contributed by atoms with Gasteiger partial charge < -0.3 is 9.84 Å². The van der Waals surface area contributed by atoms with Crippen molar-refractivity contribution in [3.05, 3.63) is 17.0 Å². The van der Waals surface area contributed by atoms with Gasteiger partial charge in [0, 0.05) is 18.0 Å². The largest absolute Gasteiger partial charge is 0.480 e. The molecule has 0 atom stereocenters. The third-order valence-electron chi connectivity index (χ3n) is 2.88. The van der Waals surface area contributed by atoms with Crippen LogP contribution in [0, 0.1) is 6.92 Å². The molecular weight excluding hydrogens is 290 g/mol. The van der Waals surface area contributed by atoms with Crippen LogP contribution in [0.15, 0.2) is 16.3 Å². The molecule has 2 heterocycles. The van der Waals surface area contributed by atoms with Gasteiger partial charge in [-0.2, -0.15) is 4.31 Å². The Bertz CT molecular complexity index is 586. The van der Waals surface area contributed by atoms with Crippen LogP contribution in [-0.2, 0) is 19.6 Å². The van der Waals surface area contributed by atoms with E-state index in [0.29, 0.717) is 4.21 Å². The number of aliphatic carboxylic acids is 1. The van der Waals surface area contributed by atoms with Crippen molar-refractivity contribution in [3.8, 4) is 0 Å². The van der Waals surface area contributed by atoms with Gasteiger partial charge >= 0.3 is 5.97 Å². The fourth-order valence-corrected chi connectivity index (χ4v) is 4.98. The maximum absolute atomic E-state index is 12.2.